The smallest absolute Gasteiger partial charge is 0.121 e. The van der Waals surface area contributed by atoms with E-state index in [1.54, 1.807) is 7.11 Å². The summed E-state index contributed by atoms with van der Waals surface area (Å²) in [6, 6.07) is 13.9. The van der Waals surface area contributed by atoms with Crippen molar-refractivity contribution in [2.24, 2.45) is 0 Å². The van der Waals surface area contributed by atoms with Gasteiger partial charge >= 0.3 is 0 Å². The molecule has 3 heteroatoms. The average molecular weight is 242 g/mol. The molecule has 0 aliphatic carbocycles. The maximum atomic E-state index is 6.04. The summed E-state index contributed by atoms with van der Waals surface area (Å²) >= 11 is 0. The molecule has 0 saturated heterocycles. The topological polar surface area (TPSA) is 38.5 Å². The Kier molecular flexibility index (Phi) is 3.42. The predicted molar refractivity (Wildman–Crippen MR) is 76.6 cm³/mol. The van der Waals surface area contributed by atoms with Gasteiger partial charge in [0.25, 0.3) is 0 Å². The maximum absolute atomic E-state index is 6.04. The van der Waals surface area contributed by atoms with Crippen LogP contribution in [0.3, 0.4) is 0 Å². The first-order valence-electron chi connectivity index (χ1n) is 5.86. The number of nitrogens with zero attached hydrogens (tertiary/aromatic N) is 1. The minimum Gasteiger partial charge on any atom is -0.497 e. The van der Waals surface area contributed by atoms with Crippen molar-refractivity contribution in [3.8, 4) is 5.75 Å². The van der Waals surface area contributed by atoms with Gasteiger partial charge in [0.15, 0.2) is 0 Å². The van der Waals surface area contributed by atoms with Crippen LogP contribution < -0.4 is 15.4 Å². The molecule has 0 saturated carbocycles. The summed E-state index contributed by atoms with van der Waals surface area (Å²) in [6.07, 6.45) is 0. The van der Waals surface area contributed by atoms with Crippen molar-refractivity contribution >= 4 is 17.1 Å². The number of benzene rings is 2. The summed E-state index contributed by atoms with van der Waals surface area (Å²) in [5.41, 5.74) is 10.1. The van der Waals surface area contributed by atoms with Gasteiger partial charge in [-0.1, -0.05) is 18.2 Å². The molecule has 0 aliphatic heterocycles. The zero-order valence-electron chi connectivity index (χ0n) is 11.0. The molecule has 2 rings (SSSR count). The SMILES string of the molecule is COc1ccc(N)c(N(C)c2ccccc2C)c1. The molecule has 94 valence electrons. The fourth-order valence-electron chi connectivity index (χ4n) is 2.01. The van der Waals surface area contributed by atoms with Gasteiger partial charge in [-0.25, -0.2) is 0 Å². The normalized spacial score (nSPS) is 10.2. The number of methoxy groups -OCH3 is 1. The number of nitrogen functional groups attached to an aromatic ring is 1. The Hall–Kier alpha value is -2.16. The van der Waals surface area contributed by atoms with Gasteiger partial charge in [-0.3, -0.25) is 0 Å². The van der Waals surface area contributed by atoms with Crippen LogP contribution >= 0.6 is 0 Å². The van der Waals surface area contributed by atoms with E-state index >= 15 is 0 Å². The van der Waals surface area contributed by atoms with Gasteiger partial charge in [0, 0.05) is 18.8 Å². The predicted octanol–water partition coefficient (Wildman–Crippen LogP) is 3.35. The lowest BCUT2D eigenvalue weighted by Gasteiger charge is -2.23. The van der Waals surface area contributed by atoms with E-state index in [0.717, 1.165) is 22.8 Å². The second-order valence-corrected chi connectivity index (χ2v) is 4.27. The third kappa shape index (κ3) is 2.25. The van der Waals surface area contributed by atoms with Crippen LogP contribution in [0.15, 0.2) is 42.5 Å². The summed E-state index contributed by atoms with van der Waals surface area (Å²) < 4.78 is 5.24. The Bertz CT molecular complexity index is 552. The summed E-state index contributed by atoms with van der Waals surface area (Å²) in [7, 11) is 3.66. The molecule has 2 aromatic rings. The van der Waals surface area contributed by atoms with Crippen LogP contribution in [0.2, 0.25) is 0 Å². The third-order valence-corrected chi connectivity index (χ3v) is 3.08. The van der Waals surface area contributed by atoms with Gasteiger partial charge in [0.2, 0.25) is 0 Å². The number of hydrogen-bond acceptors (Lipinski definition) is 3. The Balaban J connectivity index is 2.45. The van der Waals surface area contributed by atoms with E-state index < -0.39 is 0 Å². The molecule has 0 aliphatic rings. The Morgan fingerprint density at radius 2 is 1.78 bits per heavy atom. The highest BCUT2D eigenvalue weighted by Crippen LogP contribution is 2.33. The van der Waals surface area contributed by atoms with Gasteiger partial charge in [0.05, 0.1) is 18.5 Å². The van der Waals surface area contributed by atoms with Crippen molar-refractivity contribution in [1.82, 2.24) is 0 Å². The highest BCUT2D eigenvalue weighted by atomic mass is 16.5. The molecular weight excluding hydrogens is 224 g/mol. The molecule has 0 amide bonds. The standard InChI is InChI=1S/C15H18N2O/c1-11-6-4-5-7-14(11)17(2)15-10-12(18-3)8-9-13(15)16/h4-10H,16H2,1-3H3. The molecule has 2 aromatic carbocycles. The molecule has 2 N–H and O–H groups in total. The van der Waals surface area contributed by atoms with Crippen molar-refractivity contribution in [1.29, 1.82) is 0 Å². The molecule has 0 bridgehead atoms. The lowest BCUT2D eigenvalue weighted by Crippen LogP contribution is -2.12. The fourth-order valence-corrected chi connectivity index (χ4v) is 2.01. The van der Waals surface area contributed by atoms with Crippen LogP contribution in [0.1, 0.15) is 5.56 Å². The Morgan fingerprint density at radius 3 is 2.44 bits per heavy atom. The molecular formula is C15H18N2O. The van der Waals surface area contributed by atoms with Gasteiger partial charge < -0.3 is 15.4 Å². The minimum absolute atomic E-state index is 0.738. The number of para-hydroxylation sites is 1. The van der Waals surface area contributed by atoms with E-state index in [9.17, 15) is 0 Å². The van der Waals surface area contributed by atoms with Crippen molar-refractivity contribution < 1.29 is 4.74 Å². The first-order valence-corrected chi connectivity index (χ1v) is 5.86. The van der Waals surface area contributed by atoms with Crippen LogP contribution in [0.4, 0.5) is 17.1 Å². The van der Waals surface area contributed by atoms with Gasteiger partial charge in [0.1, 0.15) is 5.75 Å². The molecule has 18 heavy (non-hydrogen) atoms. The largest absolute Gasteiger partial charge is 0.497 e. The summed E-state index contributed by atoms with van der Waals surface area (Å²) in [5, 5.41) is 0. The zero-order valence-corrected chi connectivity index (χ0v) is 11.0. The van der Waals surface area contributed by atoms with Crippen LogP contribution in [-0.4, -0.2) is 14.2 Å². The van der Waals surface area contributed by atoms with Gasteiger partial charge in [-0.15, -0.1) is 0 Å². The van der Waals surface area contributed by atoms with E-state index in [-0.39, 0.29) is 0 Å². The van der Waals surface area contributed by atoms with E-state index in [1.807, 2.05) is 37.4 Å². The first kappa shape index (κ1) is 12.3. The fraction of sp³-hybridized carbons (Fsp3) is 0.200. The number of aryl methyl sites for hydroxylation is 1. The van der Waals surface area contributed by atoms with Crippen LogP contribution in [0, 0.1) is 6.92 Å². The Labute approximate surface area is 108 Å². The molecule has 0 fully saturated rings. The second-order valence-electron chi connectivity index (χ2n) is 4.27. The molecule has 0 unspecified atom stereocenters. The van der Waals surface area contributed by atoms with Gasteiger partial charge in [-0.2, -0.15) is 0 Å². The van der Waals surface area contributed by atoms with E-state index in [4.69, 9.17) is 10.5 Å². The quantitative estimate of drug-likeness (QED) is 0.839. The van der Waals surface area contributed by atoms with Gasteiger partial charge in [-0.05, 0) is 30.7 Å². The van der Waals surface area contributed by atoms with E-state index in [2.05, 4.69) is 24.0 Å². The summed E-state index contributed by atoms with van der Waals surface area (Å²) in [6.45, 7) is 2.09. The monoisotopic (exact) mass is 242 g/mol. The van der Waals surface area contributed by atoms with Crippen molar-refractivity contribution in [3.63, 3.8) is 0 Å². The van der Waals surface area contributed by atoms with Crippen molar-refractivity contribution in [2.45, 2.75) is 6.92 Å². The van der Waals surface area contributed by atoms with Crippen LogP contribution in [0.25, 0.3) is 0 Å². The highest BCUT2D eigenvalue weighted by Gasteiger charge is 2.10. The number of nitrogens with two attached hydrogens (primary N) is 1. The Morgan fingerprint density at radius 1 is 1.06 bits per heavy atom. The molecule has 0 spiro atoms. The number of hydrogen-bond donors (Lipinski definition) is 1. The number of rotatable bonds is 3. The number of anilines is 3. The summed E-state index contributed by atoms with van der Waals surface area (Å²) in [5.74, 6) is 0.805. The van der Waals surface area contributed by atoms with Crippen LogP contribution in [-0.2, 0) is 0 Å². The average Bonchev–Trinajstić information content (AvgIpc) is 2.39. The lowest BCUT2D eigenvalue weighted by molar-refractivity contribution is 0.415. The van der Waals surface area contributed by atoms with Crippen LogP contribution in [0.5, 0.6) is 5.75 Å². The molecule has 0 radical (unpaired) electrons. The minimum atomic E-state index is 0.738. The van der Waals surface area contributed by atoms with E-state index in [1.165, 1.54) is 5.56 Å². The highest BCUT2D eigenvalue weighted by molar-refractivity contribution is 5.76. The lowest BCUT2D eigenvalue weighted by atomic mass is 10.1. The first-order chi connectivity index (χ1) is 8.63. The number of ether oxygens (including phenoxy) is 1. The second kappa shape index (κ2) is 5.00. The molecule has 0 atom stereocenters. The molecule has 3 nitrogen and oxygen atoms in total. The molecule has 0 aromatic heterocycles. The third-order valence-electron chi connectivity index (χ3n) is 3.08. The summed E-state index contributed by atoms with van der Waals surface area (Å²) in [4.78, 5) is 2.08. The zero-order chi connectivity index (χ0) is 13.1. The van der Waals surface area contributed by atoms with Crippen molar-refractivity contribution in [3.05, 3.63) is 48.0 Å². The van der Waals surface area contributed by atoms with Crippen molar-refractivity contribution in [2.75, 3.05) is 24.8 Å². The maximum Gasteiger partial charge on any atom is 0.121 e. The molecule has 0 heterocycles. The van der Waals surface area contributed by atoms with E-state index in [0.29, 0.717) is 0 Å².